The van der Waals surface area contributed by atoms with Gasteiger partial charge in [0.1, 0.15) is 54.9 Å². The van der Waals surface area contributed by atoms with Gasteiger partial charge < -0.3 is 125 Å². The molecule has 3 aliphatic heterocycles. The van der Waals surface area contributed by atoms with E-state index in [2.05, 4.69) is 31.9 Å². The van der Waals surface area contributed by atoms with E-state index in [-0.39, 0.29) is 0 Å². The van der Waals surface area contributed by atoms with Crippen LogP contribution in [0, 0.1) is 16.2 Å². The number of carboxylic acids is 3. The second kappa shape index (κ2) is 27.6. The SMILES string of the molecule is CC(=O)N[C@H]1[C@H]([C@H](O)[C@H](O)CO)OC(C(=O)O)=C[C@@H]1NC(=N)N.CC(=O)N[C@H]1[C@H]([C@H](O)[C@H](O)CO)OC(C(=O)O)=C[C@@H]1NC(=N)N.CC(=O)N[C@H]1[C@H]([C@H](O)[C@H](O)CO)OC(C(=O)O)=C[C@@H]1NC(=N)N. The predicted molar refractivity (Wildman–Crippen MR) is 228 cm³/mol. The van der Waals surface area contributed by atoms with Gasteiger partial charge >= 0.3 is 17.9 Å². The highest BCUT2D eigenvalue weighted by molar-refractivity contribution is 5.87. The number of aliphatic hydroxyl groups excluding tert-OH is 9. The summed E-state index contributed by atoms with van der Waals surface area (Å²) in [6.07, 6.45) is -10.9. The minimum atomic E-state index is -1.70. The van der Waals surface area contributed by atoms with E-state index in [0.717, 1.165) is 18.2 Å². The highest BCUT2D eigenvalue weighted by Gasteiger charge is 2.46. The van der Waals surface area contributed by atoms with Crippen LogP contribution in [-0.4, -0.2) is 226 Å². The number of carbonyl (C=O) groups excluding carboxylic acids is 3. The molecule has 27 N–H and O–H groups in total. The summed E-state index contributed by atoms with van der Waals surface area (Å²) in [4.78, 5) is 67.5. The number of aliphatic hydroxyl groups is 9. The maximum atomic E-state index is 11.4. The summed E-state index contributed by atoms with van der Waals surface area (Å²) in [7, 11) is 0. The van der Waals surface area contributed by atoms with Crippen molar-refractivity contribution in [3.05, 3.63) is 35.5 Å². The van der Waals surface area contributed by atoms with Crippen molar-refractivity contribution >= 4 is 53.5 Å². The van der Waals surface area contributed by atoms with Gasteiger partial charge in [0.05, 0.1) is 56.1 Å². The molecule has 33 nitrogen and oxygen atoms in total. The quantitative estimate of drug-likeness (QED) is 0.0448. The molecule has 390 valence electrons. The number of rotatable bonds is 18. The van der Waals surface area contributed by atoms with Gasteiger partial charge in [-0.3, -0.25) is 30.6 Å². The lowest BCUT2D eigenvalue weighted by atomic mass is 9.92. The molecule has 0 aliphatic carbocycles. The number of hydrogen-bond donors (Lipinski definition) is 24. The van der Waals surface area contributed by atoms with E-state index in [0.29, 0.717) is 0 Å². The summed E-state index contributed by atoms with van der Waals surface area (Å²) in [5, 5.41) is 149. The third-order valence-corrected chi connectivity index (χ3v) is 9.47. The van der Waals surface area contributed by atoms with Gasteiger partial charge in [0, 0.05) is 20.8 Å². The van der Waals surface area contributed by atoms with Crippen molar-refractivity contribution < 1.29 is 104 Å². The topological polar surface area (TPSA) is 595 Å². The van der Waals surface area contributed by atoms with E-state index in [1.807, 2.05) is 0 Å². The molecule has 3 heterocycles. The van der Waals surface area contributed by atoms with E-state index >= 15 is 0 Å². The fraction of sp³-hybridized carbons (Fsp3) is 0.583. The number of nitrogens with two attached hydrogens (primary N) is 3. The Hall–Kier alpha value is -7.11. The van der Waals surface area contributed by atoms with Gasteiger partial charge in [0.15, 0.2) is 17.9 Å². The summed E-state index contributed by atoms with van der Waals surface area (Å²) >= 11 is 0. The highest BCUT2D eigenvalue weighted by atomic mass is 16.5. The molecule has 0 saturated carbocycles. The fourth-order valence-corrected chi connectivity index (χ4v) is 6.54. The first-order valence-corrected chi connectivity index (χ1v) is 19.9. The number of amides is 3. The molecule has 33 heteroatoms. The highest BCUT2D eigenvalue weighted by Crippen LogP contribution is 2.26. The van der Waals surface area contributed by atoms with Gasteiger partial charge in [0.2, 0.25) is 35.0 Å². The molecule has 3 rings (SSSR count). The fourth-order valence-electron chi connectivity index (χ4n) is 6.54. The minimum Gasteiger partial charge on any atom is -0.478 e. The maximum Gasteiger partial charge on any atom is 0.370 e. The van der Waals surface area contributed by atoms with Gasteiger partial charge in [-0.25, -0.2) is 14.4 Å². The Bertz CT molecular complexity index is 1740. The van der Waals surface area contributed by atoms with Crippen molar-refractivity contribution in [1.29, 1.82) is 16.2 Å². The van der Waals surface area contributed by atoms with E-state index < -0.39 is 182 Å². The first-order chi connectivity index (χ1) is 32.0. The van der Waals surface area contributed by atoms with Crippen molar-refractivity contribution in [3.63, 3.8) is 0 Å². The van der Waals surface area contributed by atoms with E-state index in [1.54, 1.807) is 0 Å². The first kappa shape index (κ1) is 59.9. The van der Waals surface area contributed by atoms with Crippen LogP contribution in [0.4, 0.5) is 0 Å². The standard InChI is InChI=1S/3C12H20N4O7/c3*1-4(18)15-8-5(16-12(13)14)2-7(11(21)22)23-10(8)9(20)6(19)3-17/h3*2,5-6,8-10,17,19-20H,3H2,1H3,(H,15,18)(H,21,22)(H4,13,14,16)/t3*5-,6+,8+,9+,10+/m000/s1. The van der Waals surface area contributed by atoms with Crippen molar-refractivity contribution in [2.24, 2.45) is 17.2 Å². The zero-order valence-corrected chi connectivity index (χ0v) is 36.8. The number of carbonyl (C=O) groups is 6. The summed E-state index contributed by atoms with van der Waals surface area (Å²) in [6, 6.07) is -6.09. The summed E-state index contributed by atoms with van der Waals surface area (Å²) < 4.78 is 15.4. The number of hydrogen-bond acceptors (Lipinski definition) is 21. The summed E-state index contributed by atoms with van der Waals surface area (Å²) in [6.45, 7) is 1.16. The van der Waals surface area contributed by atoms with Crippen LogP contribution >= 0.6 is 0 Å². The average Bonchev–Trinajstić information content (AvgIpc) is 3.25. The molecule has 69 heavy (non-hydrogen) atoms. The number of ether oxygens (including phenoxy) is 3. The monoisotopic (exact) mass is 996 g/mol. The lowest BCUT2D eigenvalue weighted by molar-refractivity contribution is -0.147. The van der Waals surface area contributed by atoms with Crippen LogP contribution in [0.3, 0.4) is 0 Å². The zero-order valence-electron chi connectivity index (χ0n) is 36.8. The van der Waals surface area contributed by atoms with Gasteiger partial charge in [-0.05, 0) is 18.2 Å². The van der Waals surface area contributed by atoms with Crippen molar-refractivity contribution in [3.8, 4) is 0 Å². The van der Waals surface area contributed by atoms with Crippen LogP contribution in [0.2, 0.25) is 0 Å². The molecular weight excluding hydrogens is 936 g/mol. The third kappa shape index (κ3) is 18.5. The van der Waals surface area contributed by atoms with Gasteiger partial charge in [0.25, 0.3) is 0 Å². The number of carboxylic acid groups (broad SMARTS) is 3. The Morgan fingerprint density at radius 3 is 0.826 bits per heavy atom. The molecule has 0 aromatic carbocycles. The molecule has 0 aromatic rings. The van der Waals surface area contributed by atoms with Crippen LogP contribution in [0.15, 0.2) is 35.5 Å². The molecule has 0 fully saturated rings. The number of guanidine groups is 3. The molecule has 0 radical (unpaired) electrons. The first-order valence-electron chi connectivity index (χ1n) is 19.9. The van der Waals surface area contributed by atoms with Crippen LogP contribution in [0.1, 0.15) is 20.8 Å². The Morgan fingerprint density at radius 2 is 0.681 bits per heavy atom. The molecule has 0 spiro atoms. The van der Waals surface area contributed by atoms with E-state index in [4.69, 9.17) is 78.3 Å². The number of aliphatic carboxylic acids is 3. The van der Waals surface area contributed by atoms with Crippen LogP contribution in [0.25, 0.3) is 0 Å². The maximum absolute atomic E-state index is 11.4. The summed E-state index contributed by atoms with van der Waals surface area (Å²) in [5.74, 6) is -9.05. The lowest BCUT2D eigenvalue weighted by Crippen LogP contribution is -2.64. The average molecular weight is 997 g/mol. The second-order valence-corrected chi connectivity index (χ2v) is 14.9. The largest absolute Gasteiger partial charge is 0.478 e. The van der Waals surface area contributed by atoms with Gasteiger partial charge in [-0.15, -0.1) is 0 Å². The molecule has 3 amide bonds. The molecule has 0 saturated heterocycles. The Labute approximate surface area is 390 Å². The van der Waals surface area contributed by atoms with Crippen molar-refractivity contribution in [2.75, 3.05) is 19.8 Å². The summed E-state index contributed by atoms with van der Waals surface area (Å²) in [5.41, 5.74) is 15.7. The normalized spacial score (nSPS) is 26.3. The molecule has 0 unspecified atom stereocenters. The molecule has 3 aliphatic rings. The molecule has 15 atom stereocenters. The van der Waals surface area contributed by atoms with Gasteiger partial charge in [-0.2, -0.15) is 0 Å². The van der Waals surface area contributed by atoms with Crippen LogP contribution < -0.4 is 49.1 Å². The molecule has 0 bridgehead atoms. The van der Waals surface area contributed by atoms with Gasteiger partial charge in [-0.1, -0.05) is 0 Å². The van der Waals surface area contributed by atoms with Crippen LogP contribution in [-0.2, 0) is 43.0 Å². The Balaban J connectivity index is 0.000000517. The molecular formula is C36H60N12O21. The van der Waals surface area contributed by atoms with E-state index in [1.165, 1.54) is 20.8 Å². The Kier molecular flexibility index (Phi) is 24.0. The smallest absolute Gasteiger partial charge is 0.370 e. The van der Waals surface area contributed by atoms with E-state index in [9.17, 15) is 59.4 Å². The van der Waals surface area contributed by atoms with Crippen molar-refractivity contribution in [2.45, 2.75) is 112 Å². The Morgan fingerprint density at radius 1 is 0.478 bits per heavy atom. The third-order valence-electron chi connectivity index (χ3n) is 9.47. The van der Waals surface area contributed by atoms with Crippen LogP contribution in [0.5, 0.6) is 0 Å². The van der Waals surface area contributed by atoms with Crippen molar-refractivity contribution in [1.82, 2.24) is 31.9 Å². The lowest BCUT2D eigenvalue weighted by Gasteiger charge is -2.40. The zero-order chi connectivity index (χ0) is 53.2. The minimum absolute atomic E-state index is 0.496. The molecule has 0 aromatic heterocycles. The number of nitrogens with one attached hydrogen (secondary N) is 9. The predicted octanol–water partition coefficient (Wildman–Crippen LogP) is -10.7. The second-order valence-electron chi connectivity index (χ2n) is 14.9.